The van der Waals surface area contributed by atoms with Crippen LogP contribution in [0.5, 0.6) is 5.75 Å². The number of hydrogen-bond donors (Lipinski definition) is 1. The SMILES string of the molecule is CC[C@@H]1CC[C@H](F)[C@H](N(c2cnc(-c3ccc(-c4cc(F)nc(SC)c4)cc3O)nn2)C2CC2)C1. The monoisotopic (exact) mass is 497 g/mol. The van der Waals surface area contributed by atoms with Crippen LogP contribution in [0.2, 0.25) is 0 Å². The van der Waals surface area contributed by atoms with Gasteiger partial charge in [-0.2, -0.15) is 4.39 Å². The summed E-state index contributed by atoms with van der Waals surface area (Å²) in [5, 5.41) is 19.9. The molecule has 0 bridgehead atoms. The molecular formula is C26H29F2N5OS. The van der Waals surface area contributed by atoms with Gasteiger partial charge >= 0.3 is 0 Å². The van der Waals surface area contributed by atoms with Crippen molar-refractivity contribution in [3.8, 4) is 28.3 Å². The zero-order valence-electron chi connectivity index (χ0n) is 19.9. The second kappa shape index (κ2) is 10.0. The summed E-state index contributed by atoms with van der Waals surface area (Å²) >= 11 is 1.35. The Balaban J connectivity index is 1.40. The van der Waals surface area contributed by atoms with Crippen LogP contribution in [0.3, 0.4) is 0 Å². The summed E-state index contributed by atoms with van der Waals surface area (Å²) in [7, 11) is 0. The van der Waals surface area contributed by atoms with E-state index in [4.69, 9.17) is 0 Å². The second-order valence-corrected chi connectivity index (χ2v) is 10.2. The van der Waals surface area contributed by atoms with E-state index in [0.717, 1.165) is 32.1 Å². The maximum atomic E-state index is 15.0. The molecule has 3 atom stereocenters. The van der Waals surface area contributed by atoms with Gasteiger partial charge in [0.25, 0.3) is 0 Å². The highest BCUT2D eigenvalue weighted by molar-refractivity contribution is 7.98. The Kier molecular flexibility index (Phi) is 6.86. The Bertz CT molecular complexity index is 1190. The van der Waals surface area contributed by atoms with Crippen molar-refractivity contribution in [2.24, 2.45) is 5.92 Å². The second-order valence-electron chi connectivity index (χ2n) is 9.40. The van der Waals surface area contributed by atoms with Gasteiger partial charge in [0, 0.05) is 12.1 Å². The fourth-order valence-corrected chi connectivity index (χ4v) is 5.41. The molecule has 2 aromatic heterocycles. The van der Waals surface area contributed by atoms with E-state index in [0.29, 0.717) is 39.9 Å². The summed E-state index contributed by atoms with van der Waals surface area (Å²) in [6.07, 6.45) is 8.06. The quantitative estimate of drug-likeness (QED) is 0.314. The molecule has 184 valence electrons. The molecule has 0 amide bonds. The number of alkyl halides is 1. The molecule has 3 aromatic rings. The van der Waals surface area contributed by atoms with Crippen LogP contribution in [0.4, 0.5) is 14.6 Å². The molecule has 1 aromatic carbocycles. The third kappa shape index (κ3) is 5.10. The van der Waals surface area contributed by atoms with Gasteiger partial charge in [-0.25, -0.2) is 14.4 Å². The van der Waals surface area contributed by atoms with Crippen LogP contribution in [-0.2, 0) is 0 Å². The summed E-state index contributed by atoms with van der Waals surface area (Å²) < 4.78 is 28.8. The molecule has 0 aliphatic heterocycles. The highest BCUT2D eigenvalue weighted by Crippen LogP contribution is 2.40. The zero-order valence-corrected chi connectivity index (χ0v) is 20.7. The van der Waals surface area contributed by atoms with Crippen molar-refractivity contribution in [3.05, 3.63) is 42.5 Å². The number of anilines is 1. The summed E-state index contributed by atoms with van der Waals surface area (Å²) in [5.74, 6) is 0.808. The summed E-state index contributed by atoms with van der Waals surface area (Å²) in [4.78, 5) is 10.4. The van der Waals surface area contributed by atoms with Gasteiger partial charge in [0.05, 0.1) is 22.8 Å². The number of benzene rings is 1. The fourth-order valence-electron chi connectivity index (χ4n) is 4.99. The summed E-state index contributed by atoms with van der Waals surface area (Å²) in [6, 6.07) is 8.24. The van der Waals surface area contributed by atoms with E-state index < -0.39 is 12.1 Å². The van der Waals surface area contributed by atoms with Crippen molar-refractivity contribution in [1.29, 1.82) is 0 Å². The number of thioether (sulfide) groups is 1. The minimum Gasteiger partial charge on any atom is -0.507 e. The lowest BCUT2D eigenvalue weighted by Crippen LogP contribution is -2.47. The zero-order chi connectivity index (χ0) is 24.5. The van der Waals surface area contributed by atoms with Crippen molar-refractivity contribution in [2.75, 3.05) is 11.2 Å². The molecule has 0 saturated heterocycles. The standard InChI is InChI=1S/C26H29F2N5OS/c1-3-15-4-9-20(27)21(10-15)33(18-6-7-18)24-14-29-26(32-31-24)19-8-5-16(11-22(19)34)17-12-23(28)30-25(13-17)35-2/h5,8,11-15,18,20-21,34H,3-4,6-7,9-10H2,1-2H3/t15-,20+,21-/m1/s1. The average molecular weight is 498 g/mol. The Morgan fingerprint density at radius 2 is 1.91 bits per heavy atom. The molecule has 35 heavy (non-hydrogen) atoms. The lowest BCUT2D eigenvalue weighted by Gasteiger charge is -2.40. The smallest absolute Gasteiger partial charge is 0.214 e. The molecule has 2 fully saturated rings. The number of nitrogens with zero attached hydrogens (tertiary/aromatic N) is 5. The van der Waals surface area contributed by atoms with E-state index in [-0.39, 0.29) is 23.7 Å². The maximum absolute atomic E-state index is 15.0. The van der Waals surface area contributed by atoms with Crippen LogP contribution in [0.1, 0.15) is 45.4 Å². The normalized spacial score (nSPS) is 22.2. The van der Waals surface area contributed by atoms with E-state index >= 15 is 0 Å². The van der Waals surface area contributed by atoms with Gasteiger partial charge in [-0.3, -0.25) is 0 Å². The minimum absolute atomic E-state index is 0.0269. The highest BCUT2D eigenvalue weighted by atomic mass is 32.2. The minimum atomic E-state index is -0.874. The van der Waals surface area contributed by atoms with Crippen molar-refractivity contribution < 1.29 is 13.9 Å². The Morgan fingerprint density at radius 1 is 1.09 bits per heavy atom. The predicted octanol–water partition coefficient (Wildman–Crippen LogP) is 6.05. The van der Waals surface area contributed by atoms with Crippen LogP contribution in [-0.4, -0.2) is 49.8 Å². The van der Waals surface area contributed by atoms with Gasteiger partial charge in [-0.15, -0.1) is 22.0 Å². The van der Waals surface area contributed by atoms with E-state index in [1.807, 2.05) is 6.26 Å². The molecule has 0 unspecified atom stereocenters. The van der Waals surface area contributed by atoms with Crippen LogP contribution in [0, 0.1) is 11.9 Å². The molecule has 1 N–H and O–H groups in total. The Morgan fingerprint density at radius 3 is 2.57 bits per heavy atom. The number of hydrogen-bond acceptors (Lipinski definition) is 7. The van der Waals surface area contributed by atoms with Crippen LogP contribution < -0.4 is 4.90 Å². The van der Waals surface area contributed by atoms with Crippen molar-refractivity contribution in [1.82, 2.24) is 20.2 Å². The third-order valence-corrected chi connectivity index (χ3v) is 7.71. The first kappa shape index (κ1) is 23.9. The molecule has 6 nitrogen and oxygen atoms in total. The van der Waals surface area contributed by atoms with Crippen molar-refractivity contribution in [2.45, 2.75) is 68.7 Å². The number of aromatic hydroxyl groups is 1. The summed E-state index contributed by atoms with van der Waals surface area (Å²) in [6.45, 7) is 2.17. The molecule has 2 saturated carbocycles. The lowest BCUT2D eigenvalue weighted by molar-refractivity contribution is 0.166. The van der Waals surface area contributed by atoms with Crippen molar-refractivity contribution >= 4 is 17.6 Å². The topological polar surface area (TPSA) is 75.0 Å². The number of aromatic nitrogens is 4. The Labute approximate surface area is 208 Å². The lowest BCUT2D eigenvalue weighted by atomic mass is 9.82. The number of phenolic OH excluding ortho intramolecular Hbond substituents is 1. The molecule has 2 aliphatic rings. The van der Waals surface area contributed by atoms with Gasteiger partial charge in [-0.05, 0) is 73.6 Å². The molecule has 5 rings (SSSR count). The molecular weight excluding hydrogens is 468 g/mol. The number of rotatable bonds is 7. The number of halogens is 2. The first-order chi connectivity index (χ1) is 17.0. The van der Waals surface area contributed by atoms with Gasteiger partial charge in [0.15, 0.2) is 11.6 Å². The van der Waals surface area contributed by atoms with Gasteiger partial charge < -0.3 is 10.0 Å². The summed E-state index contributed by atoms with van der Waals surface area (Å²) in [5.41, 5.74) is 1.71. The van der Waals surface area contributed by atoms with Crippen molar-refractivity contribution in [3.63, 3.8) is 0 Å². The highest BCUT2D eigenvalue weighted by Gasteiger charge is 2.41. The molecule has 0 radical (unpaired) electrons. The van der Waals surface area contributed by atoms with Gasteiger partial charge in [0.1, 0.15) is 11.9 Å². The van der Waals surface area contributed by atoms with Crippen LogP contribution in [0.25, 0.3) is 22.5 Å². The van der Waals surface area contributed by atoms with Gasteiger partial charge in [-0.1, -0.05) is 19.4 Å². The largest absolute Gasteiger partial charge is 0.507 e. The molecule has 9 heteroatoms. The molecule has 2 aliphatic carbocycles. The van der Waals surface area contributed by atoms with Crippen LogP contribution >= 0.6 is 11.8 Å². The average Bonchev–Trinajstić information content (AvgIpc) is 3.70. The molecule has 0 spiro atoms. The van der Waals surface area contributed by atoms with E-state index in [9.17, 15) is 13.9 Å². The van der Waals surface area contributed by atoms with E-state index in [1.54, 1.807) is 30.5 Å². The Hall–Kier alpha value is -2.81. The first-order valence-electron chi connectivity index (χ1n) is 12.1. The first-order valence-corrected chi connectivity index (χ1v) is 13.4. The maximum Gasteiger partial charge on any atom is 0.214 e. The van der Waals surface area contributed by atoms with Crippen LogP contribution in [0.15, 0.2) is 41.6 Å². The number of phenols is 1. The molecule has 2 heterocycles. The van der Waals surface area contributed by atoms with Gasteiger partial charge in [0.2, 0.25) is 5.95 Å². The fraction of sp³-hybridized carbons (Fsp3) is 0.462. The third-order valence-electron chi connectivity index (χ3n) is 7.08. The predicted molar refractivity (Wildman–Crippen MR) is 134 cm³/mol. The van der Waals surface area contributed by atoms with E-state index in [2.05, 4.69) is 32.0 Å². The van der Waals surface area contributed by atoms with E-state index in [1.165, 1.54) is 17.8 Å². The number of pyridine rings is 1.